The quantitative estimate of drug-likeness (QED) is 0.748. The van der Waals surface area contributed by atoms with Crippen molar-refractivity contribution < 1.29 is 36.9 Å². The number of hydrogen-bond acceptors (Lipinski definition) is 3. The molecule has 1 rings (SSSR count). The van der Waals surface area contributed by atoms with Gasteiger partial charge in [0.25, 0.3) is 0 Å². The van der Waals surface area contributed by atoms with Crippen LogP contribution in [0.1, 0.15) is 18.4 Å². The monoisotopic (exact) mass is 296 g/mol. The highest BCUT2D eigenvalue weighted by molar-refractivity contribution is 5.66. The first-order valence-electron chi connectivity index (χ1n) is 5.63. The van der Waals surface area contributed by atoms with Gasteiger partial charge < -0.3 is 14.6 Å². The van der Waals surface area contributed by atoms with Gasteiger partial charge in [-0.05, 0) is 24.5 Å². The van der Waals surface area contributed by atoms with Crippen LogP contribution < -0.4 is 9.47 Å². The summed E-state index contributed by atoms with van der Waals surface area (Å²) in [5.41, 5.74) is 0.299. The number of halogens is 4. The summed E-state index contributed by atoms with van der Waals surface area (Å²) in [6.45, 7) is -6.19. The van der Waals surface area contributed by atoms with E-state index in [2.05, 4.69) is 9.47 Å². The van der Waals surface area contributed by atoms with E-state index in [4.69, 9.17) is 5.11 Å². The number of carboxylic acid groups (broad SMARTS) is 1. The Bertz CT molecular complexity index is 451. The van der Waals surface area contributed by atoms with Gasteiger partial charge in [-0.3, -0.25) is 4.79 Å². The van der Waals surface area contributed by atoms with E-state index in [0.717, 1.165) is 6.07 Å². The largest absolute Gasteiger partial charge is 0.481 e. The van der Waals surface area contributed by atoms with E-state index in [1.807, 2.05) is 0 Å². The number of carboxylic acids is 1. The molecule has 0 saturated carbocycles. The molecule has 0 radical (unpaired) electrons. The molecule has 0 amide bonds. The van der Waals surface area contributed by atoms with E-state index < -0.39 is 19.2 Å². The van der Waals surface area contributed by atoms with Crippen molar-refractivity contribution in [1.82, 2.24) is 0 Å². The second-order valence-electron chi connectivity index (χ2n) is 3.77. The summed E-state index contributed by atoms with van der Waals surface area (Å²) < 4.78 is 56.8. The molecule has 0 aliphatic heterocycles. The molecule has 0 atom stereocenters. The molecule has 0 aliphatic rings. The third-order valence-corrected chi connectivity index (χ3v) is 2.32. The van der Waals surface area contributed by atoms with Gasteiger partial charge in [0.15, 0.2) is 0 Å². The average Bonchev–Trinajstić information content (AvgIpc) is 2.29. The van der Waals surface area contributed by atoms with Gasteiger partial charge in [-0.1, -0.05) is 6.07 Å². The predicted octanol–water partition coefficient (Wildman–Crippen LogP) is 3.30. The number of rotatable bonds is 8. The number of alkyl halides is 4. The topological polar surface area (TPSA) is 55.8 Å². The van der Waals surface area contributed by atoms with Crippen LogP contribution in [0.15, 0.2) is 18.2 Å². The van der Waals surface area contributed by atoms with Gasteiger partial charge in [0, 0.05) is 12.5 Å². The smallest absolute Gasteiger partial charge is 0.387 e. The molecule has 0 aliphatic carbocycles. The molecular weight excluding hydrogens is 284 g/mol. The van der Waals surface area contributed by atoms with Crippen LogP contribution in [0.3, 0.4) is 0 Å². The van der Waals surface area contributed by atoms with E-state index in [-0.39, 0.29) is 30.8 Å². The first kappa shape index (κ1) is 16.1. The Hall–Kier alpha value is -1.99. The third kappa shape index (κ3) is 5.77. The molecule has 0 spiro atoms. The maximum Gasteiger partial charge on any atom is 0.387 e. The lowest BCUT2D eigenvalue weighted by atomic mass is 10.1. The van der Waals surface area contributed by atoms with E-state index in [1.54, 1.807) is 0 Å². The number of benzene rings is 1. The molecule has 4 nitrogen and oxygen atoms in total. The number of aliphatic carboxylic acids is 1. The summed E-state index contributed by atoms with van der Waals surface area (Å²) >= 11 is 0. The fraction of sp³-hybridized carbons (Fsp3) is 0.417. The third-order valence-electron chi connectivity index (χ3n) is 2.32. The Morgan fingerprint density at radius 3 is 2.35 bits per heavy atom. The summed E-state index contributed by atoms with van der Waals surface area (Å²) in [6, 6.07) is 3.40. The maximum atomic E-state index is 12.2. The van der Waals surface area contributed by atoms with Crippen molar-refractivity contribution in [2.24, 2.45) is 0 Å². The number of carbonyl (C=O) groups is 1. The minimum Gasteiger partial charge on any atom is -0.481 e. The number of aryl methyl sites for hydroxylation is 1. The molecule has 0 heterocycles. The zero-order valence-corrected chi connectivity index (χ0v) is 10.2. The highest BCUT2D eigenvalue weighted by Crippen LogP contribution is 2.28. The van der Waals surface area contributed by atoms with Gasteiger partial charge in [0.1, 0.15) is 11.5 Å². The zero-order chi connectivity index (χ0) is 15.1. The Balaban J connectivity index is 2.82. The highest BCUT2D eigenvalue weighted by atomic mass is 19.3. The van der Waals surface area contributed by atoms with Crippen molar-refractivity contribution >= 4 is 5.97 Å². The molecule has 0 bridgehead atoms. The standard InChI is InChI=1S/C12H12F4O4/c13-11(14)19-8-5-4-7(2-1-3-10(17)18)9(6-8)20-12(15)16/h4-6,11-12H,1-3H2,(H,17,18). The van der Waals surface area contributed by atoms with E-state index in [9.17, 15) is 22.4 Å². The van der Waals surface area contributed by atoms with Crippen LogP contribution >= 0.6 is 0 Å². The number of ether oxygens (including phenoxy) is 2. The fourth-order valence-electron chi connectivity index (χ4n) is 1.55. The molecule has 0 unspecified atom stereocenters. The van der Waals surface area contributed by atoms with E-state index in [1.165, 1.54) is 12.1 Å². The second kappa shape index (κ2) is 7.56. The number of hydrogen-bond donors (Lipinski definition) is 1. The minimum atomic E-state index is -3.12. The molecule has 1 aromatic carbocycles. The van der Waals surface area contributed by atoms with Gasteiger partial charge in [0.05, 0.1) is 0 Å². The molecule has 8 heteroatoms. The zero-order valence-electron chi connectivity index (χ0n) is 10.2. The molecule has 112 valence electrons. The maximum absolute atomic E-state index is 12.2. The Morgan fingerprint density at radius 2 is 1.80 bits per heavy atom. The van der Waals surface area contributed by atoms with Crippen LogP contribution in [-0.4, -0.2) is 24.3 Å². The molecule has 1 N–H and O–H groups in total. The second-order valence-corrected chi connectivity index (χ2v) is 3.77. The lowest BCUT2D eigenvalue weighted by Crippen LogP contribution is -2.07. The van der Waals surface area contributed by atoms with Crippen molar-refractivity contribution in [3.05, 3.63) is 23.8 Å². The van der Waals surface area contributed by atoms with Crippen molar-refractivity contribution in [1.29, 1.82) is 0 Å². The SMILES string of the molecule is O=C(O)CCCc1ccc(OC(F)F)cc1OC(F)F. The predicted molar refractivity (Wildman–Crippen MR) is 60.3 cm³/mol. The Kier molecular flexibility index (Phi) is 6.08. The van der Waals surface area contributed by atoms with Gasteiger partial charge in [-0.2, -0.15) is 17.6 Å². The van der Waals surface area contributed by atoms with Gasteiger partial charge in [-0.15, -0.1) is 0 Å². The van der Waals surface area contributed by atoms with Crippen molar-refractivity contribution in [2.45, 2.75) is 32.5 Å². The fourth-order valence-corrected chi connectivity index (χ4v) is 1.55. The normalized spacial score (nSPS) is 10.9. The van der Waals surface area contributed by atoms with Crippen molar-refractivity contribution in [2.75, 3.05) is 0 Å². The van der Waals surface area contributed by atoms with Gasteiger partial charge in [-0.25, -0.2) is 0 Å². The average molecular weight is 296 g/mol. The van der Waals surface area contributed by atoms with Gasteiger partial charge >= 0.3 is 19.2 Å². The first-order chi connectivity index (χ1) is 9.38. The summed E-state index contributed by atoms with van der Waals surface area (Å²) in [5, 5.41) is 8.49. The van der Waals surface area contributed by atoms with E-state index >= 15 is 0 Å². The molecule has 20 heavy (non-hydrogen) atoms. The lowest BCUT2D eigenvalue weighted by Gasteiger charge is -2.12. The van der Waals surface area contributed by atoms with Crippen LogP contribution in [0.25, 0.3) is 0 Å². The molecule has 0 aromatic heterocycles. The molecule has 0 fully saturated rings. The van der Waals surface area contributed by atoms with Crippen LogP contribution in [0, 0.1) is 0 Å². The van der Waals surface area contributed by atoms with Crippen LogP contribution in [0.2, 0.25) is 0 Å². The van der Waals surface area contributed by atoms with Gasteiger partial charge in [0.2, 0.25) is 0 Å². The Labute approximate surface area is 111 Å². The van der Waals surface area contributed by atoms with Crippen molar-refractivity contribution in [3.63, 3.8) is 0 Å². The minimum absolute atomic E-state index is 0.136. The van der Waals surface area contributed by atoms with Crippen molar-refractivity contribution in [3.8, 4) is 11.5 Å². The summed E-state index contributed by atoms with van der Waals surface area (Å²) in [6.07, 6.45) is 0.247. The summed E-state index contributed by atoms with van der Waals surface area (Å²) in [4.78, 5) is 10.4. The molecular formula is C12H12F4O4. The highest BCUT2D eigenvalue weighted by Gasteiger charge is 2.13. The van der Waals surface area contributed by atoms with Crippen LogP contribution in [0.4, 0.5) is 17.6 Å². The van der Waals surface area contributed by atoms with Crippen LogP contribution in [-0.2, 0) is 11.2 Å². The summed E-state index contributed by atoms with van der Waals surface area (Å²) in [5.74, 6) is -1.62. The molecule has 1 aromatic rings. The van der Waals surface area contributed by atoms with Crippen LogP contribution in [0.5, 0.6) is 11.5 Å². The first-order valence-corrected chi connectivity index (χ1v) is 5.63. The lowest BCUT2D eigenvalue weighted by molar-refractivity contribution is -0.137. The van der Waals surface area contributed by atoms with E-state index in [0.29, 0.717) is 5.56 Å². The molecule has 0 saturated heterocycles. The summed E-state index contributed by atoms with van der Waals surface area (Å²) in [7, 11) is 0. The Morgan fingerprint density at radius 1 is 1.15 bits per heavy atom.